The van der Waals surface area contributed by atoms with Crippen molar-refractivity contribution in [3.63, 3.8) is 0 Å². The molecule has 0 amide bonds. The SMILES string of the molecule is Oc1ccc2cc(S)sc2c1. The number of aromatic hydroxyl groups is 1. The van der Waals surface area contributed by atoms with E-state index in [1.807, 2.05) is 12.1 Å². The third-order valence-electron chi connectivity index (χ3n) is 1.49. The Morgan fingerprint density at radius 3 is 2.91 bits per heavy atom. The molecule has 1 nitrogen and oxygen atoms in total. The first-order valence-corrected chi connectivity index (χ1v) is 4.43. The Balaban J connectivity index is 2.82. The molecule has 2 aromatic rings. The molecule has 0 bridgehead atoms. The van der Waals surface area contributed by atoms with E-state index < -0.39 is 0 Å². The fourth-order valence-corrected chi connectivity index (χ4v) is 2.28. The quantitative estimate of drug-likeness (QED) is 0.600. The number of hydrogen-bond acceptors (Lipinski definition) is 3. The van der Waals surface area contributed by atoms with Crippen LogP contribution in [0.5, 0.6) is 5.75 Å². The van der Waals surface area contributed by atoms with Crippen molar-refractivity contribution in [3.8, 4) is 5.75 Å². The van der Waals surface area contributed by atoms with Gasteiger partial charge in [0, 0.05) is 4.70 Å². The van der Waals surface area contributed by atoms with Gasteiger partial charge in [-0.2, -0.15) is 0 Å². The molecule has 2 rings (SSSR count). The molecule has 1 aromatic carbocycles. The molecule has 0 saturated heterocycles. The number of thiol groups is 1. The molecule has 0 fully saturated rings. The minimum atomic E-state index is 0.313. The number of thiophene rings is 1. The molecule has 3 heteroatoms. The molecule has 1 N–H and O–H groups in total. The lowest BCUT2D eigenvalue weighted by Crippen LogP contribution is -1.61. The zero-order chi connectivity index (χ0) is 7.84. The van der Waals surface area contributed by atoms with Crippen molar-refractivity contribution in [2.24, 2.45) is 0 Å². The second-order valence-corrected chi connectivity index (χ2v) is 4.17. The summed E-state index contributed by atoms with van der Waals surface area (Å²) in [7, 11) is 0. The molecule has 56 valence electrons. The first-order valence-electron chi connectivity index (χ1n) is 3.17. The molecule has 0 aliphatic carbocycles. The molecule has 0 aliphatic rings. The highest BCUT2D eigenvalue weighted by Crippen LogP contribution is 2.30. The Labute approximate surface area is 73.7 Å². The minimum Gasteiger partial charge on any atom is -0.508 e. The second kappa shape index (κ2) is 2.43. The fourth-order valence-electron chi connectivity index (χ4n) is 1.01. The Kier molecular flexibility index (Phi) is 1.55. The topological polar surface area (TPSA) is 20.2 Å². The molecular formula is C8H6OS2. The summed E-state index contributed by atoms with van der Waals surface area (Å²) in [6.45, 7) is 0. The average Bonchev–Trinajstić information content (AvgIpc) is 2.27. The Bertz CT molecular complexity index is 392. The zero-order valence-corrected chi connectivity index (χ0v) is 7.32. The molecular weight excluding hydrogens is 176 g/mol. The highest BCUT2D eigenvalue weighted by Gasteiger charge is 1.98. The van der Waals surface area contributed by atoms with Crippen LogP contribution in [0.4, 0.5) is 0 Å². The lowest BCUT2D eigenvalue weighted by Gasteiger charge is -1.89. The van der Waals surface area contributed by atoms with Crippen LogP contribution in [-0.2, 0) is 0 Å². The van der Waals surface area contributed by atoms with E-state index in [1.165, 1.54) is 0 Å². The van der Waals surface area contributed by atoms with Gasteiger partial charge in [-0.3, -0.25) is 0 Å². The number of phenolic OH excluding ortho intramolecular Hbond substituents is 1. The number of fused-ring (bicyclic) bond motifs is 1. The van der Waals surface area contributed by atoms with Gasteiger partial charge in [0.25, 0.3) is 0 Å². The maximum atomic E-state index is 9.12. The van der Waals surface area contributed by atoms with Gasteiger partial charge >= 0.3 is 0 Å². The van der Waals surface area contributed by atoms with E-state index in [1.54, 1.807) is 23.5 Å². The van der Waals surface area contributed by atoms with Gasteiger partial charge in [-0.05, 0) is 29.7 Å². The van der Waals surface area contributed by atoms with Crippen molar-refractivity contribution in [1.82, 2.24) is 0 Å². The number of benzene rings is 1. The van der Waals surface area contributed by atoms with Crippen LogP contribution < -0.4 is 0 Å². The summed E-state index contributed by atoms with van der Waals surface area (Å²) in [4.78, 5) is 0. The largest absolute Gasteiger partial charge is 0.508 e. The first-order chi connectivity index (χ1) is 5.25. The normalized spacial score (nSPS) is 10.6. The Morgan fingerprint density at radius 2 is 2.09 bits per heavy atom. The molecule has 0 spiro atoms. The third-order valence-corrected chi connectivity index (χ3v) is 2.79. The summed E-state index contributed by atoms with van der Waals surface area (Å²) >= 11 is 5.78. The predicted molar refractivity (Wildman–Crippen MR) is 50.7 cm³/mol. The van der Waals surface area contributed by atoms with E-state index in [0.717, 1.165) is 14.3 Å². The molecule has 0 saturated carbocycles. The van der Waals surface area contributed by atoms with E-state index in [2.05, 4.69) is 12.6 Å². The van der Waals surface area contributed by atoms with E-state index in [-0.39, 0.29) is 0 Å². The van der Waals surface area contributed by atoms with E-state index in [0.29, 0.717) is 5.75 Å². The van der Waals surface area contributed by atoms with Crippen LogP contribution in [-0.4, -0.2) is 5.11 Å². The van der Waals surface area contributed by atoms with Gasteiger partial charge in [-0.15, -0.1) is 24.0 Å². The lowest BCUT2D eigenvalue weighted by atomic mass is 10.2. The van der Waals surface area contributed by atoms with Gasteiger partial charge in [0.2, 0.25) is 0 Å². The summed E-state index contributed by atoms with van der Waals surface area (Å²) in [5, 5.41) is 10.3. The molecule has 0 aliphatic heterocycles. The van der Waals surface area contributed by atoms with Crippen LogP contribution >= 0.6 is 24.0 Å². The van der Waals surface area contributed by atoms with Gasteiger partial charge in [0.1, 0.15) is 5.75 Å². The fraction of sp³-hybridized carbons (Fsp3) is 0. The standard InChI is InChI=1S/C8H6OS2/c9-6-2-1-5-3-8(10)11-7(5)4-6/h1-4,9-10H. The van der Waals surface area contributed by atoms with Crippen LogP contribution in [0.3, 0.4) is 0 Å². The highest BCUT2D eigenvalue weighted by atomic mass is 32.2. The third kappa shape index (κ3) is 1.21. The van der Waals surface area contributed by atoms with Gasteiger partial charge < -0.3 is 5.11 Å². The van der Waals surface area contributed by atoms with Crippen molar-refractivity contribution in [1.29, 1.82) is 0 Å². The minimum absolute atomic E-state index is 0.313. The molecule has 0 radical (unpaired) electrons. The van der Waals surface area contributed by atoms with Crippen molar-refractivity contribution >= 4 is 34.1 Å². The summed E-state index contributed by atoms with van der Waals surface area (Å²) in [6.07, 6.45) is 0. The number of hydrogen-bond donors (Lipinski definition) is 2. The maximum absolute atomic E-state index is 9.12. The lowest BCUT2D eigenvalue weighted by molar-refractivity contribution is 0.476. The first kappa shape index (κ1) is 7.00. The van der Waals surface area contributed by atoms with Crippen molar-refractivity contribution < 1.29 is 5.11 Å². The van der Waals surface area contributed by atoms with Crippen molar-refractivity contribution in [3.05, 3.63) is 24.3 Å². The van der Waals surface area contributed by atoms with E-state index >= 15 is 0 Å². The zero-order valence-electron chi connectivity index (χ0n) is 5.61. The van der Waals surface area contributed by atoms with Crippen LogP contribution in [0, 0.1) is 0 Å². The van der Waals surface area contributed by atoms with Gasteiger partial charge in [-0.25, -0.2) is 0 Å². The number of rotatable bonds is 0. The van der Waals surface area contributed by atoms with Crippen LogP contribution in [0.2, 0.25) is 0 Å². The molecule has 0 atom stereocenters. The Morgan fingerprint density at radius 1 is 1.27 bits per heavy atom. The second-order valence-electron chi connectivity index (χ2n) is 2.31. The van der Waals surface area contributed by atoms with Crippen molar-refractivity contribution in [2.75, 3.05) is 0 Å². The predicted octanol–water partition coefficient (Wildman–Crippen LogP) is 2.90. The average molecular weight is 182 g/mol. The van der Waals surface area contributed by atoms with Gasteiger partial charge in [-0.1, -0.05) is 0 Å². The molecule has 1 heterocycles. The highest BCUT2D eigenvalue weighted by molar-refractivity contribution is 7.83. The number of phenols is 1. The molecule has 11 heavy (non-hydrogen) atoms. The van der Waals surface area contributed by atoms with E-state index in [9.17, 15) is 0 Å². The molecule has 1 aromatic heterocycles. The molecule has 0 unspecified atom stereocenters. The van der Waals surface area contributed by atoms with Crippen molar-refractivity contribution in [2.45, 2.75) is 4.21 Å². The van der Waals surface area contributed by atoms with E-state index in [4.69, 9.17) is 5.11 Å². The van der Waals surface area contributed by atoms with Crippen LogP contribution in [0.15, 0.2) is 28.5 Å². The van der Waals surface area contributed by atoms with Gasteiger partial charge in [0.05, 0.1) is 4.21 Å². The van der Waals surface area contributed by atoms with Crippen LogP contribution in [0.25, 0.3) is 10.1 Å². The van der Waals surface area contributed by atoms with Gasteiger partial charge in [0.15, 0.2) is 0 Å². The Hall–Kier alpha value is -0.670. The van der Waals surface area contributed by atoms with Crippen LogP contribution in [0.1, 0.15) is 0 Å². The summed E-state index contributed by atoms with van der Waals surface area (Å²) in [5.74, 6) is 0.313. The summed E-state index contributed by atoms with van der Waals surface area (Å²) < 4.78 is 2.06. The summed E-state index contributed by atoms with van der Waals surface area (Å²) in [6, 6.07) is 7.31. The smallest absolute Gasteiger partial charge is 0.117 e. The summed E-state index contributed by atoms with van der Waals surface area (Å²) in [5.41, 5.74) is 0. The maximum Gasteiger partial charge on any atom is 0.117 e. The monoisotopic (exact) mass is 182 g/mol.